The zero-order chi connectivity index (χ0) is 26.0. The Bertz CT molecular complexity index is 1360. The van der Waals surface area contributed by atoms with Gasteiger partial charge in [0.15, 0.2) is 5.82 Å². The van der Waals surface area contributed by atoms with Crippen molar-refractivity contribution in [2.24, 2.45) is 5.41 Å². The molecule has 2 aromatic heterocycles. The van der Waals surface area contributed by atoms with E-state index in [9.17, 15) is 0 Å². The van der Waals surface area contributed by atoms with Gasteiger partial charge in [-0.3, -0.25) is 0 Å². The Hall–Kier alpha value is -2.92. The van der Waals surface area contributed by atoms with E-state index in [0.717, 1.165) is 67.0 Å². The van der Waals surface area contributed by atoms with E-state index in [-0.39, 0.29) is 5.54 Å². The predicted octanol–water partition coefficient (Wildman–Crippen LogP) is 7.47. The van der Waals surface area contributed by atoms with Crippen molar-refractivity contribution in [2.75, 3.05) is 11.9 Å². The number of para-hydroxylation sites is 1. The topological polar surface area (TPSA) is 54.8 Å². The minimum Gasteiger partial charge on any atom is -0.364 e. The smallest absolute Gasteiger partial charge is 0.155 e. The molecule has 1 aliphatic carbocycles. The van der Waals surface area contributed by atoms with Crippen LogP contribution in [0.25, 0.3) is 21.9 Å². The Morgan fingerprint density at radius 1 is 0.973 bits per heavy atom. The van der Waals surface area contributed by atoms with Crippen LogP contribution in [-0.2, 0) is 19.5 Å². The molecule has 2 heterocycles. The number of nitrogens with zero attached hydrogens (tertiary/aromatic N) is 3. The van der Waals surface area contributed by atoms with Crippen LogP contribution >= 0.6 is 0 Å². The third kappa shape index (κ3) is 5.82. The molecule has 4 aromatic rings. The summed E-state index contributed by atoms with van der Waals surface area (Å²) in [5.74, 6) is 2.02. The maximum absolute atomic E-state index is 5.20. The van der Waals surface area contributed by atoms with Gasteiger partial charge in [-0.1, -0.05) is 69.2 Å². The highest BCUT2D eigenvalue weighted by atomic mass is 15.1. The maximum atomic E-state index is 5.20. The predicted molar refractivity (Wildman–Crippen MR) is 156 cm³/mol. The summed E-state index contributed by atoms with van der Waals surface area (Å²) < 4.78 is 2.44. The van der Waals surface area contributed by atoms with Crippen LogP contribution in [-0.4, -0.2) is 26.6 Å². The lowest BCUT2D eigenvalue weighted by atomic mass is 9.70. The highest BCUT2D eigenvalue weighted by Crippen LogP contribution is 2.39. The Labute approximate surface area is 222 Å². The molecule has 5 rings (SSSR count). The number of anilines is 1. The van der Waals surface area contributed by atoms with Crippen molar-refractivity contribution in [1.82, 2.24) is 19.9 Å². The molecule has 0 atom stereocenters. The molecule has 1 fully saturated rings. The first-order valence-electron chi connectivity index (χ1n) is 14.1. The van der Waals surface area contributed by atoms with Crippen LogP contribution < -0.4 is 10.6 Å². The molecule has 5 nitrogen and oxygen atoms in total. The minimum atomic E-state index is -0.102. The number of rotatable bonds is 10. The van der Waals surface area contributed by atoms with E-state index in [0.29, 0.717) is 5.41 Å². The van der Waals surface area contributed by atoms with Crippen LogP contribution in [0.1, 0.15) is 83.7 Å². The first kappa shape index (κ1) is 25.7. The summed E-state index contributed by atoms with van der Waals surface area (Å²) in [5, 5.41) is 8.47. The molecule has 0 bridgehead atoms. The second-order valence-electron chi connectivity index (χ2n) is 12.4. The highest BCUT2D eigenvalue weighted by molar-refractivity contribution is 6.07. The van der Waals surface area contributed by atoms with Gasteiger partial charge in [-0.2, -0.15) is 0 Å². The number of hydrogen-bond donors (Lipinski definition) is 2. The fourth-order valence-electron chi connectivity index (χ4n) is 5.43. The summed E-state index contributed by atoms with van der Waals surface area (Å²) in [7, 11) is 0. The number of unbranched alkanes of at least 4 members (excludes halogenated alkanes) is 1. The first-order valence-corrected chi connectivity index (χ1v) is 14.1. The Kier molecular flexibility index (Phi) is 7.26. The van der Waals surface area contributed by atoms with E-state index in [1.165, 1.54) is 35.9 Å². The number of aromatic nitrogens is 3. The minimum absolute atomic E-state index is 0.102. The van der Waals surface area contributed by atoms with Crippen LogP contribution in [0.15, 0.2) is 48.5 Å². The number of fused-ring (bicyclic) bond motifs is 3. The molecule has 1 saturated carbocycles. The molecular formula is C32H43N5. The van der Waals surface area contributed by atoms with Crippen molar-refractivity contribution in [2.45, 2.75) is 91.8 Å². The number of nitrogens with one attached hydrogen (secondary N) is 2. The second-order valence-corrected chi connectivity index (χ2v) is 12.4. The van der Waals surface area contributed by atoms with Crippen LogP contribution in [0.4, 0.5) is 5.82 Å². The van der Waals surface area contributed by atoms with Crippen molar-refractivity contribution >= 4 is 27.8 Å². The second kappa shape index (κ2) is 10.4. The molecular weight excluding hydrogens is 454 g/mol. The fourth-order valence-corrected chi connectivity index (χ4v) is 5.43. The lowest BCUT2D eigenvalue weighted by Gasteiger charge is -2.38. The van der Waals surface area contributed by atoms with E-state index in [4.69, 9.17) is 9.97 Å². The molecule has 37 heavy (non-hydrogen) atoms. The average molecular weight is 498 g/mol. The molecule has 196 valence electrons. The summed E-state index contributed by atoms with van der Waals surface area (Å²) in [6.07, 6.45) is 7.34. The summed E-state index contributed by atoms with van der Waals surface area (Å²) in [5.41, 5.74) is 6.22. The average Bonchev–Trinajstić information content (AvgIpc) is 3.20. The Morgan fingerprint density at radius 3 is 2.38 bits per heavy atom. The third-order valence-corrected chi connectivity index (χ3v) is 7.71. The van der Waals surface area contributed by atoms with Gasteiger partial charge in [0.2, 0.25) is 0 Å². The number of benzene rings is 2. The van der Waals surface area contributed by atoms with Gasteiger partial charge in [0.25, 0.3) is 0 Å². The molecule has 0 unspecified atom stereocenters. The molecule has 0 saturated heterocycles. The first-order chi connectivity index (χ1) is 17.7. The van der Waals surface area contributed by atoms with Crippen molar-refractivity contribution in [1.29, 1.82) is 0 Å². The number of imidazole rings is 1. The van der Waals surface area contributed by atoms with Gasteiger partial charge in [-0.05, 0) is 62.6 Å². The normalized spacial score (nSPS) is 15.3. The molecule has 2 N–H and O–H groups in total. The molecule has 0 spiro atoms. The summed E-state index contributed by atoms with van der Waals surface area (Å²) >= 11 is 0. The SMILES string of the molecule is CCCCc1nc2c(NC(C)(C)C)nc3ccccc3c2n1Cc1ccc(CNCC2(C)CCC2)cc1. The quantitative estimate of drug-likeness (QED) is 0.239. The number of pyridine rings is 1. The molecule has 0 aliphatic heterocycles. The van der Waals surface area contributed by atoms with Gasteiger partial charge in [-0.25, -0.2) is 9.97 Å². The molecule has 0 radical (unpaired) electrons. The summed E-state index contributed by atoms with van der Waals surface area (Å²) in [6.45, 7) is 14.0. The van der Waals surface area contributed by atoms with Crippen molar-refractivity contribution in [3.63, 3.8) is 0 Å². The van der Waals surface area contributed by atoms with Crippen LogP contribution in [0, 0.1) is 5.41 Å². The van der Waals surface area contributed by atoms with E-state index in [2.05, 4.69) is 98.4 Å². The number of aryl methyl sites for hydroxylation is 1. The van der Waals surface area contributed by atoms with Gasteiger partial charge in [0.05, 0.1) is 11.0 Å². The van der Waals surface area contributed by atoms with Crippen molar-refractivity contribution in [3.8, 4) is 0 Å². The van der Waals surface area contributed by atoms with Crippen molar-refractivity contribution < 1.29 is 0 Å². The Morgan fingerprint density at radius 2 is 1.70 bits per heavy atom. The maximum Gasteiger partial charge on any atom is 0.155 e. The Balaban J connectivity index is 1.48. The van der Waals surface area contributed by atoms with E-state index < -0.39 is 0 Å². The molecule has 5 heteroatoms. The van der Waals surface area contributed by atoms with Crippen molar-refractivity contribution in [3.05, 3.63) is 65.5 Å². The summed E-state index contributed by atoms with van der Waals surface area (Å²) in [4.78, 5) is 10.2. The van der Waals surface area contributed by atoms with Gasteiger partial charge >= 0.3 is 0 Å². The van der Waals surface area contributed by atoms with Gasteiger partial charge < -0.3 is 15.2 Å². The van der Waals surface area contributed by atoms with E-state index in [1.54, 1.807) is 0 Å². The fraction of sp³-hybridized carbons (Fsp3) is 0.500. The molecule has 1 aliphatic rings. The van der Waals surface area contributed by atoms with Crippen LogP contribution in [0.2, 0.25) is 0 Å². The van der Waals surface area contributed by atoms with Crippen LogP contribution in [0.3, 0.4) is 0 Å². The lowest BCUT2D eigenvalue weighted by molar-refractivity contribution is 0.156. The lowest BCUT2D eigenvalue weighted by Crippen LogP contribution is -2.36. The van der Waals surface area contributed by atoms with Gasteiger partial charge in [0.1, 0.15) is 11.3 Å². The van der Waals surface area contributed by atoms with E-state index >= 15 is 0 Å². The van der Waals surface area contributed by atoms with E-state index in [1.807, 2.05) is 0 Å². The zero-order valence-corrected chi connectivity index (χ0v) is 23.3. The third-order valence-electron chi connectivity index (χ3n) is 7.71. The molecule has 0 amide bonds. The molecule has 2 aromatic carbocycles. The zero-order valence-electron chi connectivity index (χ0n) is 23.3. The van der Waals surface area contributed by atoms with Gasteiger partial charge in [0, 0.05) is 37.0 Å². The largest absolute Gasteiger partial charge is 0.364 e. The summed E-state index contributed by atoms with van der Waals surface area (Å²) in [6, 6.07) is 17.6. The van der Waals surface area contributed by atoms with Gasteiger partial charge in [-0.15, -0.1) is 0 Å². The monoisotopic (exact) mass is 497 g/mol. The van der Waals surface area contributed by atoms with Crippen LogP contribution in [0.5, 0.6) is 0 Å². The number of hydrogen-bond acceptors (Lipinski definition) is 4. The highest BCUT2D eigenvalue weighted by Gasteiger charge is 2.30. The standard InChI is InChI=1S/C32H43N5/c1-6-7-13-27-35-28-29(25-11-8-9-12-26(25)34-30(28)36-31(2,3)4)37(27)21-24-16-14-23(15-17-24)20-33-22-32(5)18-10-19-32/h8-9,11-12,14-17,33H,6-7,10,13,18-22H2,1-5H3,(H,34,36).